The van der Waals surface area contributed by atoms with Crippen LogP contribution < -0.4 is 16.4 Å². The van der Waals surface area contributed by atoms with Crippen LogP contribution in [0.25, 0.3) is 11.1 Å². The maximum absolute atomic E-state index is 12.3. The van der Waals surface area contributed by atoms with Crippen molar-refractivity contribution in [2.24, 2.45) is 5.73 Å². The highest BCUT2D eigenvalue weighted by Gasteiger charge is 2.30. The lowest BCUT2D eigenvalue weighted by atomic mass is 9.98. The van der Waals surface area contributed by atoms with Gasteiger partial charge in [-0.05, 0) is 22.3 Å². The molecule has 0 heterocycles. The molecule has 2 aromatic carbocycles. The molecule has 8 nitrogen and oxygen atoms in total. The molecule has 0 saturated carbocycles. The average molecular weight is 397 g/mol. The number of carboxylic acid groups (broad SMARTS) is 1. The van der Waals surface area contributed by atoms with Gasteiger partial charge in [-0.2, -0.15) is 0 Å². The van der Waals surface area contributed by atoms with Crippen LogP contribution in [0.2, 0.25) is 0 Å². The molecule has 0 fully saturated rings. The van der Waals surface area contributed by atoms with Gasteiger partial charge in [0.05, 0.1) is 6.42 Å². The summed E-state index contributed by atoms with van der Waals surface area (Å²) >= 11 is 0. The number of hydrogen-bond donors (Lipinski definition) is 4. The zero-order chi connectivity index (χ0) is 20.8. The molecule has 0 spiro atoms. The molecule has 152 valence electrons. The van der Waals surface area contributed by atoms with Gasteiger partial charge in [0.2, 0.25) is 5.91 Å². The lowest BCUT2D eigenvalue weighted by molar-refractivity contribution is -0.139. The van der Waals surface area contributed by atoms with Gasteiger partial charge in [0.15, 0.2) is 0 Å². The molecule has 0 saturated heterocycles. The Kier molecular flexibility index (Phi) is 6.46. The first-order chi connectivity index (χ1) is 14.0. The summed E-state index contributed by atoms with van der Waals surface area (Å²) in [6, 6.07) is 14.6. The lowest BCUT2D eigenvalue weighted by Crippen LogP contribution is -2.49. The molecule has 3 rings (SSSR count). The zero-order valence-electron chi connectivity index (χ0n) is 15.8. The van der Waals surface area contributed by atoms with E-state index in [0.29, 0.717) is 0 Å². The third-order valence-electron chi connectivity index (χ3n) is 4.77. The van der Waals surface area contributed by atoms with Gasteiger partial charge in [-0.3, -0.25) is 9.59 Å². The minimum absolute atomic E-state index is 0.0735. The Hall–Kier alpha value is -3.39. The van der Waals surface area contributed by atoms with Crippen LogP contribution in [0.1, 0.15) is 23.5 Å². The minimum Gasteiger partial charge on any atom is -0.481 e. The lowest BCUT2D eigenvalue weighted by Gasteiger charge is -2.18. The number of aliphatic carboxylic acids is 1. The first kappa shape index (κ1) is 20.3. The van der Waals surface area contributed by atoms with E-state index in [-0.39, 0.29) is 25.6 Å². The predicted molar refractivity (Wildman–Crippen MR) is 106 cm³/mol. The van der Waals surface area contributed by atoms with Crippen molar-refractivity contribution in [3.05, 3.63) is 59.7 Å². The van der Waals surface area contributed by atoms with Gasteiger partial charge < -0.3 is 26.2 Å². The van der Waals surface area contributed by atoms with Crippen molar-refractivity contribution >= 4 is 18.0 Å². The van der Waals surface area contributed by atoms with Crippen LogP contribution >= 0.6 is 0 Å². The van der Waals surface area contributed by atoms with Gasteiger partial charge in [0.25, 0.3) is 0 Å². The third kappa shape index (κ3) is 4.72. The molecule has 8 heteroatoms. The number of nitrogens with two attached hydrogens (primary N) is 1. The largest absolute Gasteiger partial charge is 0.481 e. The van der Waals surface area contributed by atoms with Crippen molar-refractivity contribution in [2.75, 3.05) is 19.7 Å². The average Bonchev–Trinajstić information content (AvgIpc) is 3.03. The molecular formula is C21H23N3O5. The van der Waals surface area contributed by atoms with Gasteiger partial charge in [0, 0.05) is 19.0 Å². The fourth-order valence-electron chi connectivity index (χ4n) is 3.48. The van der Waals surface area contributed by atoms with Crippen molar-refractivity contribution in [3.8, 4) is 11.1 Å². The molecule has 2 amide bonds. The highest BCUT2D eigenvalue weighted by molar-refractivity contribution is 5.89. The van der Waals surface area contributed by atoms with Gasteiger partial charge in [0.1, 0.15) is 12.6 Å². The summed E-state index contributed by atoms with van der Waals surface area (Å²) < 4.78 is 5.36. The van der Waals surface area contributed by atoms with Crippen molar-refractivity contribution in [3.63, 3.8) is 0 Å². The van der Waals surface area contributed by atoms with Crippen LogP contribution in [0.5, 0.6) is 0 Å². The van der Waals surface area contributed by atoms with E-state index in [0.717, 1.165) is 22.3 Å². The van der Waals surface area contributed by atoms with Crippen LogP contribution in [0.15, 0.2) is 48.5 Å². The molecule has 1 atom stereocenters. The van der Waals surface area contributed by atoms with E-state index >= 15 is 0 Å². The van der Waals surface area contributed by atoms with E-state index in [9.17, 15) is 14.4 Å². The number of nitrogens with one attached hydrogen (secondary N) is 2. The first-order valence-corrected chi connectivity index (χ1v) is 9.32. The molecule has 0 bridgehead atoms. The molecule has 0 aromatic heterocycles. The topological polar surface area (TPSA) is 131 Å². The molecule has 2 aromatic rings. The number of carboxylic acids is 1. The third-order valence-corrected chi connectivity index (χ3v) is 4.77. The summed E-state index contributed by atoms with van der Waals surface area (Å²) in [5.74, 6) is -1.96. The number of alkyl carbamates (subject to hydrolysis) is 1. The van der Waals surface area contributed by atoms with Gasteiger partial charge >= 0.3 is 12.1 Å². The molecule has 0 aliphatic heterocycles. The number of carbonyl (C=O) groups is 3. The van der Waals surface area contributed by atoms with Crippen molar-refractivity contribution in [1.29, 1.82) is 0 Å². The maximum Gasteiger partial charge on any atom is 0.407 e. The van der Waals surface area contributed by atoms with Crippen LogP contribution in [0, 0.1) is 0 Å². The fraction of sp³-hybridized carbons (Fsp3) is 0.286. The number of benzene rings is 2. The monoisotopic (exact) mass is 397 g/mol. The standard InChI is InChI=1S/C21H23N3O5/c22-9-10-23-20(27)18(11-19(25)26)24-21(28)29-12-17-15-7-3-1-5-13(15)14-6-2-4-8-16(14)17/h1-8,17-18H,9-12,22H2,(H,23,27)(H,24,28)(H,25,26)/t18-/m0/s1. The van der Waals surface area contributed by atoms with Gasteiger partial charge in [-0.25, -0.2) is 4.79 Å². The molecular weight excluding hydrogens is 374 g/mol. The van der Waals surface area contributed by atoms with Crippen molar-refractivity contribution in [2.45, 2.75) is 18.4 Å². The molecule has 1 aliphatic carbocycles. The normalized spacial score (nSPS) is 13.1. The minimum atomic E-state index is -1.24. The summed E-state index contributed by atoms with van der Waals surface area (Å²) in [4.78, 5) is 35.3. The highest BCUT2D eigenvalue weighted by Crippen LogP contribution is 2.44. The molecule has 5 N–H and O–H groups in total. The Morgan fingerprint density at radius 1 is 1.03 bits per heavy atom. The van der Waals surface area contributed by atoms with Crippen LogP contribution in [-0.4, -0.2) is 48.8 Å². The summed E-state index contributed by atoms with van der Waals surface area (Å²) in [7, 11) is 0. The SMILES string of the molecule is NCCNC(=O)[C@H](CC(=O)O)NC(=O)OCC1c2ccccc2-c2ccccc21. The van der Waals surface area contributed by atoms with Crippen molar-refractivity contribution < 1.29 is 24.2 Å². The van der Waals surface area contributed by atoms with E-state index < -0.39 is 30.4 Å². The molecule has 0 unspecified atom stereocenters. The van der Waals surface area contributed by atoms with E-state index in [2.05, 4.69) is 10.6 Å². The fourth-order valence-corrected chi connectivity index (χ4v) is 3.48. The van der Waals surface area contributed by atoms with Gasteiger partial charge in [-0.1, -0.05) is 48.5 Å². The number of rotatable bonds is 8. The molecule has 0 radical (unpaired) electrons. The number of fused-ring (bicyclic) bond motifs is 3. The summed E-state index contributed by atoms with van der Waals surface area (Å²) in [6.07, 6.45) is -1.40. The first-order valence-electron chi connectivity index (χ1n) is 9.32. The second kappa shape index (κ2) is 9.20. The van der Waals surface area contributed by atoms with Crippen LogP contribution in [0.4, 0.5) is 4.79 Å². The van der Waals surface area contributed by atoms with Crippen LogP contribution in [0.3, 0.4) is 0 Å². The van der Waals surface area contributed by atoms with Crippen LogP contribution in [-0.2, 0) is 14.3 Å². The van der Waals surface area contributed by atoms with E-state index in [1.54, 1.807) is 0 Å². The Morgan fingerprint density at radius 3 is 2.17 bits per heavy atom. The van der Waals surface area contributed by atoms with Gasteiger partial charge in [-0.15, -0.1) is 0 Å². The highest BCUT2D eigenvalue weighted by atomic mass is 16.5. The molecule has 1 aliphatic rings. The Balaban J connectivity index is 1.66. The Bertz CT molecular complexity index is 869. The maximum atomic E-state index is 12.3. The predicted octanol–water partition coefficient (Wildman–Crippen LogP) is 1.44. The summed E-state index contributed by atoms with van der Waals surface area (Å²) in [5.41, 5.74) is 9.65. The summed E-state index contributed by atoms with van der Waals surface area (Å²) in [5, 5.41) is 13.8. The smallest absolute Gasteiger partial charge is 0.407 e. The Morgan fingerprint density at radius 2 is 1.62 bits per heavy atom. The number of amides is 2. The van der Waals surface area contributed by atoms with E-state index in [4.69, 9.17) is 15.6 Å². The zero-order valence-corrected chi connectivity index (χ0v) is 15.8. The Labute approximate surface area is 168 Å². The number of hydrogen-bond acceptors (Lipinski definition) is 5. The molecule has 29 heavy (non-hydrogen) atoms. The van der Waals surface area contributed by atoms with E-state index in [1.165, 1.54) is 0 Å². The quantitative estimate of drug-likeness (QED) is 0.533. The van der Waals surface area contributed by atoms with Crippen molar-refractivity contribution in [1.82, 2.24) is 10.6 Å². The number of carbonyl (C=O) groups excluding carboxylic acids is 2. The second-order valence-electron chi connectivity index (χ2n) is 6.70. The number of ether oxygens (including phenoxy) is 1. The summed E-state index contributed by atoms with van der Waals surface area (Å²) in [6.45, 7) is 0.460. The van der Waals surface area contributed by atoms with E-state index in [1.807, 2.05) is 48.5 Å². The second-order valence-corrected chi connectivity index (χ2v) is 6.70.